The highest BCUT2D eigenvalue weighted by molar-refractivity contribution is 5.92. The van der Waals surface area contributed by atoms with Crippen LogP contribution in [-0.2, 0) is 4.79 Å². The molecule has 0 heterocycles. The number of rotatable bonds is 7. The van der Waals surface area contributed by atoms with Gasteiger partial charge < -0.3 is 15.4 Å². The molecule has 0 fully saturated rings. The number of nitrogens with one attached hydrogen (secondary N) is 2. The van der Waals surface area contributed by atoms with Gasteiger partial charge in [-0.15, -0.1) is 0 Å². The lowest BCUT2D eigenvalue weighted by Crippen LogP contribution is -2.30. The van der Waals surface area contributed by atoms with Crippen molar-refractivity contribution in [1.29, 1.82) is 0 Å². The number of hydrogen-bond donors (Lipinski definition) is 2. The van der Waals surface area contributed by atoms with Crippen LogP contribution in [0, 0.1) is 0 Å². The number of carbonyl (C=O) groups is 1. The third-order valence-electron chi connectivity index (χ3n) is 4.22. The highest BCUT2D eigenvalue weighted by atomic mass is 19.3. The minimum Gasteiger partial charge on any atom is -0.435 e. The molecule has 2 N–H and O–H groups in total. The van der Waals surface area contributed by atoms with Crippen LogP contribution in [0.1, 0.15) is 18.5 Å². The van der Waals surface area contributed by atoms with Gasteiger partial charge in [-0.25, -0.2) is 0 Å². The SMILES string of the molecule is C[C@H](NCC(=O)Nc1ccc(OC(F)F)cc1)c1cccc2ccccc12. The van der Waals surface area contributed by atoms with E-state index in [9.17, 15) is 13.6 Å². The number of hydrogen-bond acceptors (Lipinski definition) is 3. The molecule has 3 rings (SSSR count). The van der Waals surface area contributed by atoms with Crippen LogP contribution in [0.25, 0.3) is 10.8 Å². The van der Waals surface area contributed by atoms with Crippen molar-refractivity contribution in [1.82, 2.24) is 5.32 Å². The van der Waals surface area contributed by atoms with Gasteiger partial charge >= 0.3 is 6.61 Å². The maximum atomic E-state index is 12.1. The summed E-state index contributed by atoms with van der Waals surface area (Å²) in [5.74, 6) is -0.171. The van der Waals surface area contributed by atoms with Crippen molar-refractivity contribution >= 4 is 22.4 Å². The molecular formula is C21H20F2N2O2. The van der Waals surface area contributed by atoms with Crippen LogP contribution in [0.4, 0.5) is 14.5 Å². The van der Waals surface area contributed by atoms with Gasteiger partial charge in [0.15, 0.2) is 0 Å². The largest absolute Gasteiger partial charge is 0.435 e. The maximum Gasteiger partial charge on any atom is 0.387 e. The minimum atomic E-state index is -2.87. The Labute approximate surface area is 156 Å². The van der Waals surface area contributed by atoms with E-state index in [1.54, 1.807) is 0 Å². The average molecular weight is 370 g/mol. The zero-order valence-electron chi connectivity index (χ0n) is 14.8. The molecule has 1 atom stereocenters. The lowest BCUT2D eigenvalue weighted by Gasteiger charge is -2.16. The molecule has 6 heteroatoms. The highest BCUT2D eigenvalue weighted by Crippen LogP contribution is 2.24. The van der Waals surface area contributed by atoms with Crippen LogP contribution in [0.2, 0.25) is 0 Å². The smallest absolute Gasteiger partial charge is 0.387 e. The molecule has 27 heavy (non-hydrogen) atoms. The first-order valence-corrected chi connectivity index (χ1v) is 8.58. The normalized spacial score (nSPS) is 12.1. The molecule has 0 spiro atoms. The summed E-state index contributed by atoms with van der Waals surface area (Å²) < 4.78 is 28.6. The zero-order valence-corrected chi connectivity index (χ0v) is 14.8. The predicted molar refractivity (Wildman–Crippen MR) is 102 cm³/mol. The van der Waals surface area contributed by atoms with Crippen LogP contribution in [0.15, 0.2) is 66.7 Å². The van der Waals surface area contributed by atoms with Crippen molar-refractivity contribution in [2.75, 3.05) is 11.9 Å². The van der Waals surface area contributed by atoms with Crippen LogP contribution in [0.3, 0.4) is 0 Å². The lowest BCUT2D eigenvalue weighted by atomic mass is 10.00. The summed E-state index contributed by atoms with van der Waals surface area (Å²) in [5, 5.41) is 8.23. The first-order valence-electron chi connectivity index (χ1n) is 8.58. The Bertz CT molecular complexity index is 908. The lowest BCUT2D eigenvalue weighted by molar-refractivity contribution is -0.115. The number of carbonyl (C=O) groups excluding carboxylic acids is 1. The Morgan fingerprint density at radius 1 is 1.00 bits per heavy atom. The molecule has 140 valence electrons. The van der Waals surface area contributed by atoms with Gasteiger partial charge in [-0.05, 0) is 47.5 Å². The van der Waals surface area contributed by atoms with E-state index in [0.29, 0.717) is 5.69 Å². The molecule has 3 aromatic carbocycles. The monoisotopic (exact) mass is 370 g/mol. The number of alkyl halides is 2. The molecular weight excluding hydrogens is 350 g/mol. The molecule has 0 aliphatic rings. The Balaban J connectivity index is 1.57. The summed E-state index contributed by atoms with van der Waals surface area (Å²) >= 11 is 0. The van der Waals surface area contributed by atoms with Crippen molar-refractivity contribution in [2.45, 2.75) is 19.6 Å². The third-order valence-corrected chi connectivity index (χ3v) is 4.22. The molecule has 0 aliphatic carbocycles. The quantitative estimate of drug-likeness (QED) is 0.632. The number of amides is 1. The maximum absolute atomic E-state index is 12.1. The van der Waals surface area contributed by atoms with E-state index in [2.05, 4.69) is 33.6 Å². The van der Waals surface area contributed by atoms with Crippen molar-refractivity contribution in [3.8, 4) is 5.75 Å². The van der Waals surface area contributed by atoms with E-state index in [4.69, 9.17) is 0 Å². The molecule has 0 saturated carbocycles. The topological polar surface area (TPSA) is 50.4 Å². The molecule has 0 saturated heterocycles. The summed E-state index contributed by atoms with van der Waals surface area (Å²) in [7, 11) is 0. The molecule has 0 unspecified atom stereocenters. The number of anilines is 1. The van der Waals surface area contributed by atoms with Crippen LogP contribution >= 0.6 is 0 Å². The molecule has 0 aliphatic heterocycles. The van der Waals surface area contributed by atoms with Crippen molar-refractivity contribution < 1.29 is 18.3 Å². The Kier molecular flexibility index (Phi) is 5.98. The van der Waals surface area contributed by atoms with E-state index in [-0.39, 0.29) is 24.2 Å². The summed E-state index contributed by atoms with van der Waals surface area (Å²) in [4.78, 5) is 12.1. The Morgan fingerprint density at radius 3 is 2.44 bits per heavy atom. The molecule has 0 radical (unpaired) electrons. The minimum absolute atomic E-state index is 0.0105. The third kappa shape index (κ3) is 5.01. The van der Waals surface area contributed by atoms with E-state index < -0.39 is 6.61 Å². The second kappa shape index (κ2) is 8.60. The van der Waals surface area contributed by atoms with Gasteiger partial charge in [0.1, 0.15) is 5.75 Å². The fraction of sp³-hybridized carbons (Fsp3) is 0.190. The van der Waals surface area contributed by atoms with Crippen molar-refractivity contribution in [3.63, 3.8) is 0 Å². The van der Waals surface area contributed by atoms with Gasteiger partial charge in [-0.1, -0.05) is 42.5 Å². The summed E-state index contributed by atoms with van der Waals surface area (Å²) in [5.41, 5.74) is 1.63. The number of halogens is 2. The van der Waals surface area contributed by atoms with Gasteiger partial charge in [-0.2, -0.15) is 8.78 Å². The number of ether oxygens (including phenoxy) is 1. The Morgan fingerprint density at radius 2 is 1.70 bits per heavy atom. The molecule has 0 aromatic heterocycles. The molecule has 1 amide bonds. The summed E-state index contributed by atoms with van der Waals surface area (Å²) in [6, 6.07) is 20.0. The Hall–Kier alpha value is -2.99. The average Bonchev–Trinajstić information content (AvgIpc) is 2.67. The highest BCUT2D eigenvalue weighted by Gasteiger charge is 2.11. The second-order valence-corrected chi connectivity index (χ2v) is 6.12. The summed E-state index contributed by atoms with van der Waals surface area (Å²) in [6.45, 7) is -0.740. The van der Waals surface area contributed by atoms with E-state index >= 15 is 0 Å². The van der Waals surface area contributed by atoms with Crippen molar-refractivity contribution in [2.24, 2.45) is 0 Å². The standard InChI is InChI=1S/C21H20F2N2O2/c1-14(18-8-4-6-15-5-2-3-7-19(15)18)24-13-20(26)25-16-9-11-17(12-10-16)27-21(22)23/h2-12,14,21,24H,13H2,1H3,(H,25,26)/t14-/m0/s1. The van der Waals surface area contributed by atoms with Gasteiger partial charge in [0.05, 0.1) is 6.54 Å². The van der Waals surface area contributed by atoms with Crippen LogP contribution < -0.4 is 15.4 Å². The number of fused-ring (bicyclic) bond motifs is 1. The molecule has 3 aromatic rings. The molecule has 4 nitrogen and oxygen atoms in total. The van der Waals surface area contributed by atoms with Gasteiger partial charge in [-0.3, -0.25) is 4.79 Å². The van der Waals surface area contributed by atoms with Gasteiger partial charge in [0.25, 0.3) is 0 Å². The second-order valence-electron chi connectivity index (χ2n) is 6.12. The molecule has 0 bridgehead atoms. The fourth-order valence-corrected chi connectivity index (χ4v) is 2.91. The first kappa shape index (κ1) is 18.8. The van der Waals surface area contributed by atoms with E-state index in [0.717, 1.165) is 16.3 Å². The predicted octanol–water partition coefficient (Wildman–Crippen LogP) is 4.73. The first-order chi connectivity index (χ1) is 13.0. The van der Waals surface area contributed by atoms with Crippen molar-refractivity contribution in [3.05, 3.63) is 72.3 Å². The van der Waals surface area contributed by atoms with E-state index in [1.807, 2.05) is 31.2 Å². The zero-order chi connectivity index (χ0) is 19.2. The van der Waals surface area contributed by atoms with Crippen LogP contribution in [-0.4, -0.2) is 19.1 Å². The number of benzene rings is 3. The van der Waals surface area contributed by atoms with Crippen LogP contribution in [0.5, 0.6) is 5.75 Å². The fourth-order valence-electron chi connectivity index (χ4n) is 2.91. The summed E-state index contributed by atoms with van der Waals surface area (Å²) in [6.07, 6.45) is 0. The van der Waals surface area contributed by atoms with Gasteiger partial charge in [0.2, 0.25) is 5.91 Å². The van der Waals surface area contributed by atoms with E-state index in [1.165, 1.54) is 24.3 Å². The van der Waals surface area contributed by atoms with Gasteiger partial charge in [0, 0.05) is 11.7 Å².